The molecule has 0 spiro atoms. The van der Waals surface area contributed by atoms with Gasteiger partial charge in [-0.15, -0.1) is 0 Å². The maximum atomic E-state index is 12.3. The van der Waals surface area contributed by atoms with Crippen LogP contribution in [0.5, 0.6) is 5.75 Å². The summed E-state index contributed by atoms with van der Waals surface area (Å²) < 4.78 is 12.6. The van der Waals surface area contributed by atoms with Gasteiger partial charge in [0.05, 0.1) is 19.9 Å². The Morgan fingerprint density at radius 3 is 2.64 bits per heavy atom. The summed E-state index contributed by atoms with van der Waals surface area (Å²) in [4.78, 5) is 22.6. The van der Waals surface area contributed by atoms with E-state index in [1.807, 2.05) is 65.2 Å². The Balaban J connectivity index is 1.81. The minimum absolute atomic E-state index is 0.360. The zero-order chi connectivity index (χ0) is 24.2. The molecule has 0 unspecified atom stereocenters. The number of carbonyl (C=O) groups is 1. The number of aryl methyl sites for hydroxylation is 1. The van der Waals surface area contributed by atoms with Crippen LogP contribution in [0.15, 0.2) is 36.7 Å². The van der Waals surface area contributed by atoms with Crippen molar-refractivity contribution >= 4 is 23.5 Å². The highest BCUT2D eigenvalue weighted by molar-refractivity contribution is 5.67. The minimum Gasteiger partial charge on any atom is -0.494 e. The molecule has 10 nitrogen and oxygen atoms in total. The van der Waals surface area contributed by atoms with Crippen LogP contribution in [-0.2, 0) is 11.3 Å². The third kappa shape index (κ3) is 6.34. The van der Waals surface area contributed by atoms with E-state index in [9.17, 15) is 4.79 Å². The van der Waals surface area contributed by atoms with Crippen LogP contribution in [0.2, 0.25) is 0 Å². The Kier molecular flexibility index (Phi) is 7.05. The Bertz CT molecular complexity index is 1120. The number of anilines is 3. The largest absolute Gasteiger partial charge is 0.494 e. The topological polar surface area (TPSA) is 106 Å². The normalized spacial score (nSPS) is 11.1. The first-order valence-corrected chi connectivity index (χ1v) is 10.5. The molecule has 1 amide bonds. The highest BCUT2D eigenvalue weighted by Crippen LogP contribution is 2.28. The van der Waals surface area contributed by atoms with Gasteiger partial charge in [0.1, 0.15) is 22.9 Å². The van der Waals surface area contributed by atoms with Crippen molar-refractivity contribution in [2.45, 2.75) is 39.8 Å². The lowest BCUT2D eigenvalue weighted by Gasteiger charge is -2.24. The average Bonchev–Trinajstić information content (AvgIpc) is 3.20. The molecule has 0 saturated heterocycles. The number of benzene rings is 1. The molecule has 1 aromatic carbocycles. The second-order valence-corrected chi connectivity index (χ2v) is 8.61. The lowest BCUT2D eigenvalue weighted by molar-refractivity contribution is 0.0285. The molecule has 10 heteroatoms. The maximum Gasteiger partial charge on any atom is 0.410 e. The fourth-order valence-corrected chi connectivity index (χ4v) is 3.08. The predicted octanol–water partition coefficient (Wildman–Crippen LogP) is 4.13. The van der Waals surface area contributed by atoms with Gasteiger partial charge in [0.15, 0.2) is 0 Å². The summed E-state index contributed by atoms with van der Waals surface area (Å²) in [7, 11) is 5.11. The second-order valence-electron chi connectivity index (χ2n) is 8.61. The monoisotopic (exact) mass is 453 g/mol. The first-order valence-electron chi connectivity index (χ1n) is 10.5. The van der Waals surface area contributed by atoms with E-state index < -0.39 is 11.7 Å². The summed E-state index contributed by atoms with van der Waals surface area (Å²) in [5.74, 6) is 1.86. The molecule has 0 saturated carbocycles. The number of hydrogen-bond donors (Lipinski definition) is 2. The van der Waals surface area contributed by atoms with E-state index >= 15 is 0 Å². The molecule has 3 aromatic rings. The molecule has 176 valence electrons. The lowest BCUT2D eigenvalue weighted by atomic mass is 10.2. The molecule has 2 N–H and O–H groups in total. The first-order chi connectivity index (χ1) is 15.6. The number of ether oxygens (including phenoxy) is 2. The van der Waals surface area contributed by atoms with Gasteiger partial charge in [0, 0.05) is 43.3 Å². The Hall–Kier alpha value is -3.82. The molecule has 33 heavy (non-hydrogen) atoms. The van der Waals surface area contributed by atoms with Gasteiger partial charge in [-0.2, -0.15) is 10.1 Å². The van der Waals surface area contributed by atoms with E-state index in [2.05, 4.69) is 25.7 Å². The Morgan fingerprint density at radius 1 is 1.21 bits per heavy atom. The summed E-state index contributed by atoms with van der Waals surface area (Å²) in [6, 6.07) is 7.50. The van der Waals surface area contributed by atoms with Crippen molar-refractivity contribution in [1.82, 2.24) is 24.6 Å². The van der Waals surface area contributed by atoms with Crippen molar-refractivity contribution in [1.29, 1.82) is 0 Å². The third-order valence-corrected chi connectivity index (χ3v) is 4.55. The zero-order valence-corrected chi connectivity index (χ0v) is 20.1. The van der Waals surface area contributed by atoms with Crippen molar-refractivity contribution in [2.75, 3.05) is 31.8 Å². The molecule has 2 heterocycles. The highest BCUT2D eigenvalue weighted by atomic mass is 16.6. The fourth-order valence-electron chi connectivity index (χ4n) is 3.08. The number of hydrogen-bond acceptors (Lipinski definition) is 8. The van der Waals surface area contributed by atoms with Gasteiger partial charge < -0.3 is 25.0 Å². The van der Waals surface area contributed by atoms with Gasteiger partial charge in [-0.1, -0.05) is 0 Å². The lowest BCUT2D eigenvalue weighted by Crippen LogP contribution is -2.33. The van der Waals surface area contributed by atoms with Gasteiger partial charge >= 0.3 is 6.09 Å². The molecular formula is C23H31N7O3. The SMILES string of the molecule is CNc1cc(C)nc(Nc2ccc(OC)c(-n3cc(CN(C)C(=O)OC(C)(C)C)cn3)c2)n1. The van der Waals surface area contributed by atoms with Crippen LogP contribution in [0.1, 0.15) is 32.0 Å². The van der Waals surface area contributed by atoms with Crippen molar-refractivity contribution < 1.29 is 14.3 Å². The molecular weight excluding hydrogens is 422 g/mol. The fraction of sp³-hybridized carbons (Fsp3) is 0.391. The average molecular weight is 454 g/mol. The first kappa shape index (κ1) is 23.8. The molecule has 0 aliphatic rings. The molecule has 0 aliphatic heterocycles. The van der Waals surface area contributed by atoms with Crippen molar-refractivity contribution in [2.24, 2.45) is 0 Å². The third-order valence-electron chi connectivity index (χ3n) is 4.55. The number of nitrogens with one attached hydrogen (secondary N) is 2. The number of nitrogens with zero attached hydrogens (tertiary/aromatic N) is 5. The van der Waals surface area contributed by atoms with Gasteiger partial charge in [0.25, 0.3) is 0 Å². The summed E-state index contributed by atoms with van der Waals surface area (Å²) in [5, 5.41) is 10.7. The smallest absolute Gasteiger partial charge is 0.410 e. The standard InChI is InChI=1S/C23H31N7O3/c1-15-10-20(24-5)28-21(26-15)27-17-8-9-19(32-7)18(11-17)30-14-16(12-25-30)13-29(6)22(31)33-23(2,3)4/h8-12,14H,13H2,1-7H3,(H2,24,26,27,28). The molecule has 2 aromatic heterocycles. The molecule has 3 rings (SSSR count). The predicted molar refractivity (Wildman–Crippen MR) is 127 cm³/mol. The number of rotatable bonds is 7. The van der Waals surface area contributed by atoms with Crippen LogP contribution in [0.4, 0.5) is 22.2 Å². The molecule has 0 fully saturated rings. The number of aromatic nitrogens is 4. The van der Waals surface area contributed by atoms with Gasteiger partial charge in [0.2, 0.25) is 5.95 Å². The van der Waals surface area contributed by atoms with E-state index in [0.717, 1.165) is 28.5 Å². The Morgan fingerprint density at radius 2 is 1.97 bits per heavy atom. The van der Waals surface area contributed by atoms with Crippen LogP contribution in [-0.4, -0.2) is 57.5 Å². The van der Waals surface area contributed by atoms with Crippen LogP contribution in [0.25, 0.3) is 5.69 Å². The van der Waals surface area contributed by atoms with E-state index in [4.69, 9.17) is 9.47 Å². The van der Waals surface area contributed by atoms with Gasteiger partial charge in [-0.05, 0) is 45.9 Å². The summed E-state index contributed by atoms with van der Waals surface area (Å²) >= 11 is 0. The molecule has 0 aliphatic carbocycles. The highest BCUT2D eigenvalue weighted by Gasteiger charge is 2.20. The van der Waals surface area contributed by atoms with Crippen LogP contribution < -0.4 is 15.4 Å². The summed E-state index contributed by atoms with van der Waals surface area (Å²) in [6.07, 6.45) is 3.17. The van der Waals surface area contributed by atoms with Crippen molar-refractivity contribution in [3.8, 4) is 11.4 Å². The van der Waals surface area contributed by atoms with Crippen LogP contribution >= 0.6 is 0 Å². The second kappa shape index (κ2) is 9.76. The van der Waals surface area contributed by atoms with Crippen molar-refractivity contribution in [3.05, 3.63) is 47.9 Å². The summed E-state index contributed by atoms with van der Waals surface area (Å²) in [5.41, 5.74) is 2.66. The summed E-state index contributed by atoms with van der Waals surface area (Å²) in [6.45, 7) is 7.79. The van der Waals surface area contributed by atoms with Gasteiger partial charge in [-0.3, -0.25) is 0 Å². The number of methoxy groups -OCH3 is 1. The van der Waals surface area contributed by atoms with E-state index in [1.54, 1.807) is 25.0 Å². The maximum absolute atomic E-state index is 12.3. The van der Waals surface area contributed by atoms with Crippen LogP contribution in [0.3, 0.4) is 0 Å². The van der Waals surface area contributed by atoms with Crippen molar-refractivity contribution in [3.63, 3.8) is 0 Å². The molecule has 0 atom stereocenters. The van der Waals surface area contributed by atoms with E-state index in [1.165, 1.54) is 4.90 Å². The zero-order valence-electron chi connectivity index (χ0n) is 20.1. The van der Waals surface area contributed by atoms with Crippen LogP contribution in [0, 0.1) is 6.92 Å². The molecule has 0 radical (unpaired) electrons. The quantitative estimate of drug-likeness (QED) is 0.550. The van der Waals surface area contributed by atoms with E-state index in [-0.39, 0.29) is 0 Å². The minimum atomic E-state index is -0.550. The molecule has 0 bridgehead atoms. The van der Waals surface area contributed by atoms with Gasteiger partial charge in [-0.25, -0.2) is 14.5 Å². The Labute approximate surface area is 193 Å². The van der Waals surface area contributed by atoms with E-state index in [0.29, 0.717) is 18.2 Å². The number of carbonyl (C=O) groups excluding carboxylic acids is 1. The number of amides is 1.